The van der Waals surface area contributed by atoms with E-state index < -0.39 is 0 Å². The van der Waals surface area contributed by atoms with Crippen molar-refractivity contribution in [3.8, 4) is 0 Å². The summed E-state index contributed by atoms with van der Waals surface area (Å²) in [6.45, 7) is 5.98. The van der Waals surface area contributed by atoms with Crippen molar-refractivity contribution in [2.24, 2.45) is 5.92 Å². The van der Waals surface area contributed by atoms with Crippen LogP contribution in [0.2, 0.25) is 5.02 Å². The highest BCUT2D eigenvalue weighted by Crippen LogP contribution is 2.19. The van der Waals surface area contributed by atoms with Gasteiger partial charge in [0.2, 0.25) is 5.91 Å². The Kier molecular flexibility index (Phi) is 5.66. The third-order valence-corrected chi connectivity index (χ3v) is 4.42. The molecule has 5 nitrogen and oxygen atoms in total. The van der Waals surface area contributed by atoms with E-state index in [0.29, 0.717) is 31.2 Å². The van der Waals surface area contributed by atoms with Crippen molar-refractivity contribution in [2.45, 2.75) is 26.8 Å². The quantitative estimate of drug-likeness (QED) is 0.893. The number of nitrogens with zero attached hydrogens (tertiary/aromatic N) is 1. The number of amides is 3. The molecule has 0 saturated carbocycles. The van der Waals surface area contributed by atoms with Gasteiger partial charge in [-0.3, -0.25) is 4.79 Å². The number of likely N-dealkylation sites (tertiary alicyclic amines) is 1. The van der Waals surface area contributed by atoms with Crippen LogP contribution < -0.4 is 10.6 Å². The van der Waals surface area contributed by atoms with Gasteiger partial charge in [0.15, 0.2) is 0 Å². The Labute approximate surface area is 136 Å². The lowest BCUT2D eigenvalue weighted by Crippen LogP contribution is -2.39. The molecule has 1 aromatic carbocycles. The van der Waals surface area contributed by atoms with Crippen LogP contribution in [-0.4, -0.2) is 36.5 Å². The summed E-state index contributed by atoms with van der Waals surface area (Å²) in [5.41, 5.74) is 1.98. The molecule has 1 atom stereocenters. The Hall–Kier alpha value is -1.75. The molecule has 0 aliphatic carbocycles. The fraction of sp³-hybridized carbons (Fsp3) is 0.500. The summed E-state index contributed by atoms with van der Waals surface area (Å²) in [5, 5.41) is 6.40. The standard InChI is InChI=1S/C16H22ClN3O2/c1-3-18-15(21)13-7-8-20(10-13)16(22)19-9-12-5-4-6-14(17)11(12)2/h4-6,13H,3,7-10H2,1-2H3,(H,18,21)(H,19,22)/t13-/m0/s1. The fourth-order valence-electron chi connectivity index (χ4n) is 2.60. The second-order valence-electron chi connectivity index (χ2n) is 5.51. The second-order valence-corrected chi connectivity index (χ2v) is 5.92. The van der Waals surface area contributed by atoms with E-state index in [0.717, 1.165) is 17.5 Å². The molecule has 3 amide bonds. The Morgan fingerprint density at radius 2 is 2.14 bits per heavy atom. The summed E-state index contributed by atoms with van der Waals surface area (Å²) < 4.78 is 0. The van der Waals surface area contributed by atoms with Crippen LogP contribution in [-0.2, 0) is 11.3 Å². The molecular formula is C16H22ClN3O2. The van der Waals surface area contributed by atoms with Crippen LogP contribution in [0.3, 0.4) is 0 Å². The van der Waals surface area contributed by atoms with Gasteiger partial charge in [0.25, 0.3) is 0 Å². The van der Waals surface area contributed by atoms with Crippen LogP contribution >= 0.6 is 11.6 Å². The molecule has 6 heteroatoms. The number of halogens is 1. The molecule has 0 unspecified atom stereocenters. The summed E-state index contributed by atoms with van der Waals surface area (Å²) in [6, 6.07) is 5.52. The highest BCUT2D eigenvalue weighted by atomic mass is 35.5. The lowest BCUT2D eigenvalue weighted by Gasteiger charge is -2.18. The van der Waals surface area contributed by atoms with Crippen LogP contribution in [0.25, 0.3) is 0 Å². The van der Waals surface area contributed by atoms with Gasteiger partial charge in [-0.05, 0) is 37.5 Å². The Morgan fingerprint density at radius 3 is 2.86 bits per heavy atom. The maximum atomic E-state index is 12.2. The summed E-state index contributed by atoms with van der Waals surface area (Å²) in [6.07, 6.45) is 0.718. The molecule has 22 heavy (non-hydrogen) atoms. The third kappa shape index (κ3) is 3.91. The van der Waals surface area contributed by atoms with Crippen LogP contribution in [0.1, 0.15) is 24.5 Å². The molecule has 1 aromatic rings. The minimum Gasteiger partial charge on any atom is -0.356 e. The lowest BCUT2D eigenvalue weighted by atomic mass is 10.1. The van der Waals surface area contributed by atoms with E-state index in [9.17, 15) is 9.59 Å². The second kappa shape index (κ2) is 7.49. The monoisotopic (exact) mass is 323 g/mol. The van der Waals surface area contributed by atoms with Crippen LogP contribution in [0.15, 0.2) is 18.2 Å². The zero-order valence-corrected chi connectivity index (χ0v) is 13.7. The average Bonchev–Trinajstić information content (AvgIpc) is 2.99. The van der Waals surface area contributed by atoms with Crippen molar-refractivity contribution >= 4 is 23.5 Å². The molecule has 1 aliphatic heterocycles. The van der Waals surface area contributed by atoms with Crippen LogP contribution in [0.5, 0.6) is 0 Å². The number of hydrogen-bond acceptors (Lipinski definition) is 2. The van der Waals surface area contributed by atoms with E-state index in [1.54, 1.807) is 4.90 Å². The Morgan fingerprint density at radius 1 is 1.36 bits per heavy atom. The smallest absolute Gasteiger partial charge is 0.317 e. The summed E-state index contributed by atoms with van der Waals surface area (Å²) >= 11 is 6.07. The molecule has 2 rings (SSSR count). The van der Waals surface area contributed by atoms with E-state index in [1.165, 1.54) is 0 Å². The molecule has 0 spiro atoms. The van der Waals surface area contributed by atoms with Gasteiger partial charge in [0.05, 0.1) is 5.92 Å². The first kappa shape index (κ1) is 16.6. The molecular weight excluding hydrogens is 302 g/mol. The van der Waals surface area contributed by atoms with E-state index in [1.807, 2.05) is 32.0 Å². The van der Waals surface area contributed by atoms with Gasteiger partial charge in [-0.2, -0.15) is 0 Å². The number of hydrogen-bond donors (Lipinski definition) is 2. The van der Waals surface area contributed by atoms with Gasteiger partial charge >= 0.3 is 6.03 Å². The number of urea groups is 1. The van der Waals surface area contributed by atoms with Gasteiger partial charge in [-0.1, -0.05) is 23.7 Å². The fourth-order valence-corrected chi connectivity index (χ4v) is 2.80. The van der Waals surface area contributed by atoms with Crippen LogP contribution in [0.4, 0.5) is 4.79 Å². The maximum absolute atomic E-state index is 12.2. The molecule has 1 aliphatic rings. The number of rotatable bonds is 4. The molecule has 1 saturated heterocycles. The van der Waals surface area contributed by atoms with Gasteiger partial charge in [-0.15, -0.1) is 0 Å². The molecule has 120 valence electrons. The van der Waals surface area contributed by atoms with Crippen molar-refractivity contribution in [3.05, 3.63) is 34.3 Å². The largest absolute Gasteiger partial charge is 0.356 e. The highest BCUT2D eigenvalue weighted by molar-refractivity contribution is 6.31. The van der Waals surface area contributed by atoms with E-state index in [-0.39, 0.29) is 17.9 Å². The van der Waals surface area contributed by atoms with Crippen molar-refractivity contribution in [1.29, 1.82) is 0 Å². The maximum Gasteiger partial charge on any atom is 0.317 e. The number of carbonyl (C=O) groups excluding carboxylic acids is 2. The molecule has 1 fully saturated rings. The molecule has 0 radical (unpaired) electrons. The first-order valence-corrected chi connectivity index (χ1v) is 7.95. The summed E-state index contributed by atoms with van der Waals surface area (Å²) in [5.74, 6) is -0.0675. The van der Waals surface area contributed by atoms with Gasteiger partial charge < -0.3 is 15.5 Å². The molecule has 2 N–H and O–H groups in total. The summed E-state index contributed by atoms with van der Waals surface area (Å²) in [7, 11) is 0. The first-order valence-electron chi connectivity index (χ1n) is 7.57. The van der Waals surface area contributed by atoms with E-state index in [2.05, 4.69) is 10.6 Å². The predicted molar refractivity (Wildman–Crippen MR) is 86.8 cm³/mol. The minimum absolute atomic E-state index is 0.0310. The number of carbonyl (C=O) groups is 2. The van der Waals surface area contributed by atoms with Crippen LogP contribution in [0, 0.1) is 12.8 Å². The topological polar surface area (TPSA) is 61.4 Å². The van der Waals surface area contributed by atoms with Crippen molar-refractivity contribution in [3.63, 3.8) is 0 Å². The zero-order chi connectivity index (χ0) is 16.1. The van der Waals surface area contributed by atoms with Crippen molar-refractivity contribution in [1.82, 2.24) is 15.5 Å². The average molecular weight is 324 g/mol. The van der Waals surface area contributed by atoms with Gasteiger partial charge in [0, 0.05) is 31.2 Å². The molecule has 0 bridgehead atoms. The lowest BCUT2D eigenvalue weighted by molar-refractivity contribution is -0.124. The predicted octanol–water partition coefficient (Wildman–Crippen LogP) is 2.32. The van der Waals surface area contributed by atoms with Gasteiger partial charge in [-0.25, -0.2) is 4.79 Å². The van der Waals surface area contributed by atoms with E-state index >= 15 is 0 Å². The van der Waals surface area contributed by atoms with Crippen molar-refractivity contribution in [2.75, 3.05) is 19.6 Å². The highest BCUT2D eigenvalue weighted by Gasteiger charge is 2.30. The SMILES string of the molecule is CCNC(=O)[C@H]1CCN(C(=O)NCc2cccc(Cl)c2C)C1. The Balaban J connectivity index is 1.86. The van der Waals surface area contributed by atoms with E-state index in [4.69, 9.17) is 11.6 Å². The van der Waals surface area contributed by atoms with Crippen molar-refractivity contribution < 1.29 is 9.59 Å². The third-order valence-electron chi connectivity index (χ3n) is 4.01. The first-order chi connectivity index (χ1) is 10.5. The normalized spacial score (nSPS) is 17.4. The van der Waals surface area contributed by atoms with Gasteiger partial charge in [0.1, 0.15) is 0 Å². The molecule has 0 aromatic heterocycles. The number of benzene rings is 1. The zero-order valence-electron chi connectivity index (χ0n) is 13.0. The Bertz CT molecular complexity index is 562. The number of nitrogens with one attached hydrogen (secondary N) is 2. The minimum atomic E-state index is -0.133. The molecule has 1 heterocycles. The summed E-state index contributed by atoms with van der Waals surface area (Å²) in [4.78, 5) is 25.7.